The Morgan fingerprint density at radius 3 is 2.65 bits per heavy atom. The van der Waals surface area contributed by atoms with Crippen LogP contribution in [0.2, 0.25) is 0 Å². The van der Waals surface area contributed by atoms with Gasteiger partial charge in [0.1, 0.15) is 0 Å². The van der Waals surface area contributed by atoms with Crippen molar-refractivity contribution in [1.82, 2.24) is 9.78 Å². The number of aromatic nitrogens is 2. The van der Waals surface area contributed by atoms with Crippen molar-refractivity contribution in [2.45, 2.75) is 46.7 Å². The number of anilines is 1. The van der Waals surface area contributed by atoms with Crippen LogP contribution in [0.25, 0.3) is 0 Å². The van der Waals surface area contributed by atoms with E-state index in [1.54, 1.807) is 0 Å². The number of nitrogens with zero attached hydrogens (tertiary/aromatic N) is 2. The zero-order valence-corrected chi connectivity index (χ0v) is 14.0. The molecule has 3 nitrogen and oxygen atoms in total. The molecule has 2 rings (SSSR count). The van der Waals surface area contributed by atoms with Crippen molar-refractivity contribution >= 4 is 21.6 Å². The second kappa shape index (κ2) is 6.93. The van der Waals surface area contributed by atoms with E-state index in [9.17, 15) is 0 Å². The lowest BCUT2D eigenvalue weighted by Crippen LogP contribution is -2.08. The molecule has 0 fully saturated rings. The lowest BCUT2D eigenvalue weighted by Gasteiger charge is -2.10. The van der Waals surface area contributed by atoms with E-state index in [0.717, 1.165) is 41.8 Å². The summed E-state index contributed by atoms with van der Waals surface area (Å²) in [5.41, 5.74) is 4.86. The first-order valence-corrected chi connectivity index (χ1v) is 8.05. The lowest BCUT2D eigenvalue weighted by molar-refractivity contribution is 0.619. The van der Waals surface area contributed by atoms with Gasteiger partial charge in [0.2, 0.25) is 0 Å². The van der Waals surface area contributed by atoms with Gasteiger partial charge in [0.25, 0.3) is 0 Å². The predicted octanol–water partition coefficient (Wildman–Crippen LogP) is 4.40. The summed E-state index contributed by atoms with van der Waals surface area (Å²) in [6, 6.07) is 8.58. The molecule has 0 unspecified atom stereocenters. The van der Waals surface area contributed by atoms with Gasteiger partial charge < -0.3 is 5.32 Å². The van der Waals surface area contributed by atoms with Crippen LogP contribution in [0, 0.1) is 0 Å². The molecule has 4 heteroatoms. The summed E-state index contributed by atoms with van der Waals surface area (Å²) in [4.78, 5) is 0. The first kappa shape index (κ1) is 15.1. The first-order valence-electron chi connectivity index (χ1n) is 7.26. The molecule has 2 aromatic rings. The van der Waals surface area contributed by atoms with E-state index >= 15 is 0 Å². The fraction of sp³-hybridized carbons (Fsp3) is 0.438. The Kier molecular flexibility index (Phi) is 5.24. The molecule has 20 heavy (non-hydrogen) atoms. The number of aryl methyl sites for hydroxylation is 3. The van der Waals surface area contributed by atoms with E-state index in [1.807, 2.05) is 0 Å². The minimum atomic E-state index is 0.786. The van der Waals surface area contributed by atoms with Crippen LogP contribution in [0.4, 0.5) is 5.69 Å². The van der Waals surface area contributed by atoms with Crippen LogP contribution in [-0.4, -0.2) is 9.78 Å². The molecule has 0 aliphatic heterocycles. The number of halogens is 1. The van der Waals surface area contributed by atoms with Crippen molar-refractivity contribution in [2.24, 2.45) is 0 Å². The smallest absolute Gasteiger partial charge is 0.0767 e. The number of benzene rings is 1. The van der Waals surface area contributed by atoms with Crippen LogP contribution in [0.5, 0.6) is 0 Å². The largest absolute Gasteiger partial charge is 0.379 e. The van der Waals surface area contributed by atoms with E-state index in [1.165, 1.54) is 11.3 Å². The topological polar surface area (TPSA) is 29.9 Å². The highest BCUT2D eigenvalue weighted by atomic mass is 79.9. The van der Waals surface area contributed by atoms with Gasteiger partial charge in [-0.25, -0.2) is 0 Å². The molecule has 108 valence electrons. The molecule has 0 aliphatic carbocycles. The highest BCUT2D eigenvalue weighted by Crippen LogP contribution is 2.23. The maximum absolute atomic E-state index is 4.62. The van der Waals surface area contributed by atoms with Crippen molar-refractivity contribution in [1.29, 1.82) is 0 Å². The lowest BCUT2D eigenvalue weighted by atomic mass is 10.1. The SMILES string of the molecule is CCc1cccc(NCc2c(Br)c(CC)nn2CC)c1. The molecule has 0 amide bonds. The molecule has 0 bridgehead atoms. The van der Waals surface area contributed by atoms with Crippen molar-refractivity contribution in [3.8, 4) is 0 Å². The predicted molar refractivity (Wildman–Crippen MR) is 88.1 cm³/mol. The Balaban J connectivity index is 2.15. The van der Waals surface area contributed by atoms with Crippen LogP contribution < -0.4 is 5.32 Å². The first-order chi connectivity index (χ1) is 9.69. The van der Waals surface area contributed by atoms with E-state index < -0.39 is 0 Å². The molecule has 1 N–H and O–H groups in total. The standard InChI is InChI=1S/C16H22BrN3/c1-4-12-8-7-9-13(10-12)18-11-15-16(17)14(5-2)19-20(15)6-3/h7-10,18H,4-6,11H2,1-3H3. The van der Waals surface area contributed by atoms with Crippen LogP contribution >= 0.6 is 15.9 Å². The number of hydrogen-bond acceptors (Lipinski definition) is 2. The second-order valence-corrected chi connectivity index (χ2v) is 5.58. The maximum atomic E-state index is 4.62. The molecule has 1 aromatic heterocycles. The average Bonchev–Trinajstić information content (AvgIpc) is 2.81. The van der Waals surface area contributed by atoms with Crippen LogP contribution in [0.3, 0.4) is 0 Å². The third kappa shape index (κ3) is 3.23. The maximum Gasteiger partial charge on any atom is 0.0767 e. The highest BCUT2D eigenvalue weighted by molar-refractivity contribution is 9.10. The molecule has 0 aliphatic rings. The van der Waals surface area contributed by atoms with Gasteiger partial charge in [0, 0.05) is 12.2 Å². The van der Waals surface area contributed by atoms with Gasteiger partial charge >= 0.3 is 0 Å². The van der Waals surface area contributed by atoms with Gasteiger partial charge in [-0.2, -0.15) is 5.10 Å². The normalized spacial score (nSPS) is 10.8. The summed E-state index contributed by atoms with van der Waals surface area (Å²) in [7, 11) is 0. The second-order valence-electron chi connectivity index (χ2n) is 4.78. The Bertz CT molecular complexity index is 575. The molecule has 1 aromatic carbocycles. The summed E-state index contributed by atoms with van der Waals surface area (Å²) < 4.78 is 3.21. The Labute approximate surface area is 129 Å². The minimum Gasteiger partial charge on any atom is -0.379 e. The van der Waals surface area contributed by atoms with E-state index in [0.29, 0.717) is 0 Å². The van der Waals surface area contributed by atoms with Crippen LogP contribution in [-0.2, 0) is 25.9 Å². The average molecular weight is 336 g/mol. The molecule has 0 saturated heterocycles. The quantitative estimate of drug-likeness (QED) is 0.847. The molecular formula is C16H22BrN3. The fourth-order valence-electron chi connectivity index (χ4n) is 2.27. The highest BCUT2D eigenvalue weighted by Gasteiger charge is 2.13. The van der Waals surface area contributed by atoms with Gasteiger partial charge in [-0.05, 0) is 53.4 Å². The summed E-state index contributed by atoms with van der Waals surface area (Å²) in [5, 5.41) is 8.12. The van der Waals surface area contributed by atoms with Gasteiger partial charge in [0.05, 0.1) is 22.4 Å². The molecule has 1 heterocycles. The zero-order chi connectivity index (χ0) is 14.5. The van der Waals surface area contributed by atoms with Gasteiger partial charge in [-0.15, -0.1) is 0 Å². The summed E-state index contributed by atoms with van der Waals surface area (Å²) in [6.07, 6.45) is 2.01. The third-order valence-electron chi connectivity index (χ3n) is 3.49. The van der Waals surface area contributed by atoms with E-state index in [-0.39, 0.29) is 0 Å². The van der Waals surface area contributed by atoms with Crippen molar-refractivity contribution in [2.75, 3.05) is 5.32 Å². The molecular weight excluding hydrogens is 314 g/mol. The Morgan fingerprint density at radius 2 is 2.00 bits per heavy atom. The van der Waals surface area contributed by atoms with E-state index in [2.05, 4.69) is 76.1 Å². The fourth-order valence-corrected chi connectivity index (χ4v) is 2.98. The van der Waals surface area contributed by atoms with Crippen molar-refractivity contribution in [3.05, 3.63) is 45.7 Å². The summed E-state index contributed by atoms with van der Waals surface area (Å²) in [5.74, 6) is 0. The van der Waals surface area contributed by atoms with Gasteiger partial charge in [0.15, 0.2) is 0 Å². The van der Waals surface area contributed by atoms with Crippen molar-refractivity contribution < 1.29 is 0 Å². The van der Waals surface area contributed by atoms with Crippen LogP contribution in [0.15, 0.2) is 28.7 Å². The summed E-state index contributed by atoms with van der Waals surface area (Å²) >= 11 is 3.68. The van der Waals surface area contributed by atoms with Gasteiger partial charge in [-0.3, -0.25) is 4.68 Å². The van der Waals surface area contributed by atoms with E-state index in [4.69, 9.17) is 0 Å². The number of hydrogen-bond donors (Lipinski definition) is 1. The molecule has 0 radical (unpaired) electrons. The summed E-state index contributed by atoms with van der Waals surface area (Å²) in [6.45, 7) is 8.11. The number of nitrogens with one attached hydrogen (secondary N) is 1. The Hall–Kier alpha value is -1.29. The third-order valence-corrected chi connectivity index (χ3v) is 4.40. The monoisotopic (exact) mass is 335 g/mol. The Morgan fingerprint density at radius 1 is 1.20 bits per heavy atom. The minimum absolute atomic E-state index is 0.786. The zero-order valence-electron chi connectivity index (χ0n) is 12.4. The van der Waals surface area contributed by atoms with Crippen LogP contribution in [0.1, 0.15) is 37.7 Å². The molecule has 0 spiro atoms. The molecule has 0 atom stereocenters. The van der Waals surface area contributed by atoms with Crippen molar-refractivity contribution in [3.63, 3.8) is 0 Å². The van der Waals surface area contributed by atoms with Gasteiger partial charge in [-0.1, -0.05) is 26.0 Å². The number of rotatable bonds is 6. The molecule has 0 saturated carbocycles.